The molecule has 0 aromatic heterocycles. The Labute approximate surface area is 84.8 Å². The minimum Gasteiger partial charge on any atom is -0.435 e. The number of halogens is 3. The Morgan fingerprint density at radius 1 is 1.40 bits per heavy atom. The summed E-state index contributed by atoms with van der Waals surface area (Å²) in [5.41, 5.74) is 5.20. The van der Waals surface area contributed by atoms with Crippen LogP contribution in [-0.4, -0.2) is 13.2 Å². The largest absolute Gasteiger partial charge is 0.435 e. The van der Waals surface area contributed by atoms with E-state index in [1.807, 2.05) is 0 Å². The first-order valence-corrected chi connectivity index (χ1v) is 4.07. The molecule has 0 aliphatic carbocycles. The minimum absolute atomic E-state index is 0.0991. The Hall–Kier alpha value is -1.67. The molecule has 0 amide bonds. The van der Waals surface area contributed by atoms with Crippen LogP contribution in [0.4, 0.5) is 13.2 Å². The van der Waals surface area contributed by atoms with E-state index in [-0.39, 0.29) is 17.9 Å². The molecule has 1 rings (SSSR count). The van der Waals surface area contributed by atoms with E-state index < -0.39 is 12.4 Å². The summed E-state index contributed by atoms with van der Waals surface area (Å²) in [5.74, 6) is 3.97. The lowest BCUT2D eigenvalue weighted by Crippen LogP contribution is -2.02. The predicted octanol–water partition coefficient (Wildman–Crippen LogP) is 1.74. The van der Waals surface area contributed by atoms with Gasteiger partial charge in [-0.1, -0.05) is 11.8 Å². The summed E-state index contributed by atoms with van der Waals surface area (Å²) < 4.78 is 40.7. The SMILES string of the molecule is NCC#Cc1ccc(OC(F)F)cc1F. The maximum atomic E-state index is 13.2. The van der Waals surface area contributed by atoms with Crippen molar-refractivity contribution in [3.8, 4) is 17.6 Å². The highest BCUT2D eigenvalue weighted by Crippen LogP contribution is 2.17. The van der Waals surface area contributed by atoms with Crippen molar-refractivity contribution in [1.29, 1.82) is 0 Å². The van der Waals surface area contributed by atoms with Crippen LogP contribution in [0.15, 0.2) is 18.2 Å². The molecule has 80 valence electrons. The van der Waals surface area contributed by atoms with Crippen LogP contribution in [0.5, 0.6) is 5.75 Å². The average Bonchev–Trinajstić information content (AvgIpc) is 2.15. The molecule has 0 unspecified atom stereocenters. The van der Waals surface area contributed by atoms with Gasteiger partial charge >= 0.3 is 6.61 Å². The van der Waals surface area contributed by atoms with Gasteiger partial charge in [-0.25, -0.2) is 4.39 Å². The fourth-order valence-electron chi connectivity index (χ4n) is 0.920. The zero-order valence-electron chi connectivity index (χ0n) is 7.64. The molecule has 1 aromatic rings. The molecule has 0 spiro atoms. The first-order chi connectivity index (χ1) is 7.13. The molecule has 0 aliphatic heterocycles. The molecule has 0 aliphatic rings. The van der Waals surface area contributed by atoms with Crippen LogP contribution in [0.2, 0.25) is 0 Å². The van der Waals surface area contributed by atoms with Crippen LogP contribution >= 0.6 is 0 Å². The smallest absolute Gasteiger partial charge is 0.387 e. The van der Waals surface area contributed by atoms with E-state index in [4.69, 9.17) is 5.73 Å². The Bertz CT molecular complexity index is 395. The topological polar surface area (TPSA) is 35.2 Å². The molecular weight excluding hydrogens is 207 g/mol. The van der Waals surface area contributed by atoms with E-state index in [0.29, 0.717) is 0 Å². The number of hydrogen-bond acceptors (Lipinski definition) is 2. The number of benzene rings is 1. The summed E-state index contributed by atoms with van der Waals surface area (Å²) in [7, 11) is 0. The van der Waals surface area contributed by atoms with Crippen LogP contribution in [0.1, 0.15) is 5.56 Å². The zero-order valence-corrected chi connectivity index (χ0v) is 7.64. The van der Waals surface area contributed by atoms with Crippen molar-refractivity contribution < 1.29 is 17.9 Å². The van der Waals surface area contributed by atoms with Crippen molar-refractivity contribution in [3.05, 3.63) is 29.6 Å². The molecule has 0 radical (unpaired) electrons. The van der Waals surface area contributed by atoms with E-state index in [1.165, 1.54) is 12.1 Å². The zero-order chi connectivity index (χ0) is 11.3. The molecule has 15 heavy (non-hydrogen) atoms. The fourth-order valence-corrected chi connectivity index (χ4v) is 0.920. The summed E-state index contributed by atoms with van der Waals surface area (Å²) >= 11 is 0. The monoisotopic (exact) mass is 215 g/mol. The van der Waals surface area contributed by atoms with Crippen molar-refractivity contribution in [3.63, 3.8) is 0 Å². The maximum absolute atomic E-state index is 13.2. The molecule has 0 bridgehead atoms. The first-order valence-electron chi connectivity index (χ1n) is 4.07. The second-order valence-electron chi connectivity index (χ2n) is 2.53. The second kappa shape index (κ2) is 5.27. The molecule has 0 atom stereocenters. The van der Waals surface area contributed by atoms with Crippen LogP contribution in [0, 0.1) is 17.7 Å². The van der Waals surface area contributed by atoms with Crippen molar-refractivity contribution in [1.82, 2.24) is 0 Å². The van der Waals surface area contributed by atoms with Gasteiger partial charge < -0.3 is 10.5 Å². The summed E-state index contributed by atoms with van der Waals surface area (Å²) in [6.07, 6.45) is 0. The van der Waals surface area contributed by atoms with Crippen molar-refractivity contribution in [2.75, 3.05) is 6.54 Å². The third-order valence-electron chi connectivity index (χ3n) is 1.49. The van der Waals surface area contributed by atoms with E-state index in [9.17, 15) is 13.2 Å². The van der Waals surface area contributed by atoms with Gasteiger partial charge in [0, 0.05) is 6.07 Å². The normalized spacial score (nSPS) is 9.67. The van der Waals surface area contributed by atoms with Crippen LogP contribution in [0.25, 0.3) is 0 Å². The Morgan fingerprint density at radius 2 is 2.13 bits per heavy atom. The molecule has 0 saturated carbocycles. The number of rotatable bonds is 2. The number of hydrogen-bond donors (Lipinski definition) is 1. The second-order valence-corrected chi connectivity index (χ2v) is 2.53. The Kier molecular flexibility index (Phi) is 4.01. The quantitative estimate of drug-likeness (QED) is 0.762. The molecule has 1 aromatic carbocycles. The molecule has 0 saturated heterocycles. The summed E-state index contributed by atoms with van der Waals surface area (Å²) in [6, 6.07) is 3.33. The lowest BCUT2D eigenvalue weighted by atomic mass is 10.2. The van der Waals surface area contributed by atoms with E-state index in [1.54, 1.807) is 0 Å². The van der Waals surface area contributed by atoms with Gasteiger partial charge in [-0.3, -0.25) is 0 Å². The number of alkyl halides is 2. The van der Waals surface area contributed by atoms with E-state index in [0.717, 1.165) is 6.07 Å². The van der Waals surface area contributed by atoms with E-state index >= 15 is 0 Å². The highest BCUT2D eigenvalue weighted by molar-refractivity contribution is 5.39. The summed E-state index contributed by atoms with van der Waals surface area (Å²) in [5, 5.41) is 0. The Morgan fingerprint density at radius 3 is 2.67 bits per heavy atom. The lowest BCUT2D eigenvalue weighted by molar-refractivity contribution is -0.0500. The third-order valence-corrected chi connectivity index (χ3v) is 1.49. The summed E-state index contributed by atoms with van der Waals surface area (Å²) in [4.78, 5) is 0. The van der Waals surface area contributed by atoms with Crippen LogP contribution in [-0.2, 0) is 0 Å². The highest BCUT2D eigenvalue weighted by atomic mass is 19.3. The molecule has 2 N–H and O–H groups in total. The highest BCUT2D eigenvalue weighted by Gasteiger charge is 2.06. The Balaban J connectivity index is 2.88. The molecule has 5 heteroatoms. The van der Waals surface area contributed by atoms with Gasteiger partial charge in [-0.2, -0.15) is 8.78 Å². The van der Waals surface area contributed by atoms with Gasteiger partial charge in [-0.05, 0) is 12.1 Å². The van der Waals surface area contributed by atoms with Gasteiger partial charge in [-0.15, -0.1) is 0 Å². The lowest BCUT2D eigenvalue weighted by Gasteiger charge is -2.04. The number of ether oxygens (including phenoxy) is 1. The van der Waals surface area contributed by atoms with Gasteiger partial charge in [0.15, 0.2) is 0 Å². The maximum Gasteiger partial charge on any atom is 0.387 e. The van der Waals surface area contributed by atoms with Crippen LogP contribution < -0.4 is 10.5 Å². The van der Waals surface area contributed by atoms with Crippen molar-refractivity contribution >= 4 is 0 Å². The molecule has 0 heterocycles. The van der Waals surface area contributed by atoms with E-state index in [2.05, 4.69) is 16.6 Å². The van der Waals surface area contributed by atoms with Gasteiger partial charge in [0.2, 0.25) is 0 Å². The third kappa shape index (κ3) is 3.52. The molecular formula is C10H8F3NO. The first kappa shape index (κ1) is 11.4. The van der Waals surface area contributed by atoms with Gasteiger partial charge in [0.05, 0.1) is 12.1 Å². The van der Waals surface area contributed by atoms with Crippen LogP contribution in [0.3, 0.4) is 0 Å². The molecule has 0 fully saturated rings. The van der Waals surface area contributed by atoms with Gasteiger partial charge in [0.25, 0.3) is 0 Å². The average molecular weight is 215 g/mol. The molecule has 2 nitrogen and oxygen atoms in total. The minimum atomic E-state index is -2.97. The van der Waals surface area contributed by atoms with Crippen molar-refractivity contribution in [2.24, 2.45) is 5.73 Å². The van der Waals surface area contributed by atoms with Crippen molar-refractivity contribution in [2.45, 2.75) is 6.61 Å². The predicted molar refractivity (Wildman–Crippen MR) is 49.0 cm³/mol. The fraction of sp³-hybridized carbons (Fsp3) is 0.200. The van der Waals surface area contributed by atoms with Gasteiger partial charge in [0.1, 0.15) is 11.6 Å². The standard InChI is InChI=1S/C10H8F3NO/c11-9-6-8(15-10(12)13)4-3-7(9)2-1-5-14/h3-4,6,10H,5,14H2. The number of nitrogens with two attached hydrogens (primary N) is 1. The summed E-state index contributed by atoms with van der Waals surface area (Å²) in [6.45, 7) is -2.86.